The lowest BCUT2D eigenvalue weighted by Crippen LogP contribution is -2.27. The minimum absolute atomic E-state index is 0.0608. The zero-order valence-electron chi connectivity index (χ0n) is 11.8. The van der Waals surface area contributed by atoms with Crippen molar-refractivity contribution in [3.05, 3.63) is 24.3 Å². The van der Waals surface area contributed by atoms with Gasteiger partial charge in [0.25, 0.3) is 0 Å². The molecule has 1 aromatic rings. The van der Waals surface area contributed by atoms with E-state index in [4.69, 9.17) is 4.74 Å². The lowest BCUT2D eigenvalue weighted by molar-refractivity contribution is -0.125. The highest BCUT2D eigenvalue weighted by molar-refractivity contribution is 5.95. The highest BCUT2D eigenvalue weighted by Crippen LogP contribution is 2.23. The molecule has 4 heteroatoms. The Morgan fingerprint density at radius 2 is 1.89 bits per heavy atom. The van der Waals surface area contributed by atoms with Crippen LogP contribution in [0.1, 0.15) is 20.8 Å². The second-order valence-corrected chi connectivity index (χ2v) is 5.36. The molecule has 0 aliphatic carbocycles. The normalized spacial score (nSPS) is 11.2. The zero-order chi connectivity index (χ0) is 13.8. The van der Waals surface area contributed by atoms with Crippen molar-refractivity contribution in [3.63, 3.8) is 0 Å². The molecule has 0 aliphatic rings. The van der Waals surface area contributed by atoms with Gasteiger partial charge in [0.1, 0.15) is 6.61 Å². The predicted molar refractivity (Wildman–Crippen MR) is 75.1 cm³/mol. The second kappa shape index (κ2) is 5.87. The molecular formula is C14H22N2O2. The second-order valence-electron chi connectivity index (χ2n) is 5.36. The zero-order valence-corrected chi connectivity index (χ0v) is 11.8. The molecule has 0 unspecified atom stereocenters. The van der Waals surface area contributed by atoms with Gasteiger partial charge in [-0.25, -0.2) is 0 Å². The number of carbonyl (C=O) groups excluding carboxylic acids is 1. The summed E-state index contributed by atoms with van der Waals surface area (Å²) < 4.78 is 5.44. The van der Waals surface area contributed by atoms with E-state index in [0.29, 0.717) is 0 Å². The van der Waals surface area contributed by atoms with Crippen molar-refractivity contribution in [3.8, 4) is 0 Å². The van der Waals surface area contributed by atoms with E-state index in [9.17, 15) is 4.79 Å². The van der Waals surface area contributed by atoms with Crippen LogP contribution in [0.4, 0.5) is 11.4 Å². The molecule has 1 N–H and O–H groups in total. The molecule has 0 bridgehead atoms. The van der Waals surface area contributed by atoms with Crippen molar-refractivity contribution in [1.82, 2.24) is 0 Å². The highest BCUT2D eigenvalue weighted by Gasteiger charge is 2.14. The Bertz CT molecular complexity index is 409. The van der Waals surface area contributed by atoms with Gasteiger partial charge in [-0.15, -0.1) is 0 Å². The monoisotopic (exact) mass is 250 g/mol. The highest BCUT2D eigenvalue weighted by atomic mass is 16.5. The van der Waals surface area contributed by atoms with Gasteiger partial charge in [-0.1, -0.05) is 12.1 Å². The molecule has 0 atom stereocenters. The summed E-state index contributed by atoms with van der Waals surface area (Å²) in [6.45, 7) is 5.83. The smallest absolute Gasteiger partial charge is 0.250 e. The summed E-state index contributed by atoms with van der Waals surface area (Å²) in [5.41, 5.74) is 1.46. The molecule has 1 rings (SSSR count). The van der Waals surface area contributed by atoms with E-state index in [1.165, 1.54) is 0 Å². The van der Waals surface area contributed by atoms with E-state index in [0.717, 1.165) is 11.4 Å². The van der Waals surface area contributed by atoms with Crippen LogP contribution >= 0.6 is 0 Å². The molecule has 0 heterocycles. The van der Waals surface area contributed by atoms with E-state index < -0.39 is 0 Å². The first kappa shape index (κ1) is 14.5. The maximum Gasteiger partial charge on any atom is 0.250 e. The van der Waals surface area contributed by atoms with Gasteiger partial charge in [-0.05, 0) is 32.9 Å². The molecule has 0 radical (unpaired) electrons. The average molecular weight is 250 g/mol. The number of nitrogens with one attached hydrogen (secondary N) is 1. The first-order chi connectivity index (χ1) is 8.29. The fourth-order valence-electron chi connectivity index (χ4n) is 1.44. The third kappa shape index (κ3) is 4.75. The average Bonchev–Trinajstić information content (AvgIpc) is 2.26. The predicted octanol–water partition coefficient (Wildman–Crippen LogP) is 2.51. The fraction of sp³-hybridized carbons (Fsp3) is 0.500. The van der Waals surface area contributed by atoms with E-state index in [2.05, 4.69) is 5.32 Å². The maximum atomic E-state index is 11.8. The Morgan fingerprint density at radius 3 is 2.44 bits per heavy atom. The molecule has 0 saturated carbocycles. The summed E-state index contributed by atoms with van der Waals surface area (Å²) in [5.74, 6) is -0.140. The van der Waals surface area contributed by atoms with Crippen molar-refractivity contribution in [1.29, 1.82) is 0 Å². The van der Waals surface area contributed by atoms with Crippen LogP contribution in [-0.2, 0) is 9.53 Å². The molecular weight excluding hydrogens is 228 g/mol. The summed E-state index contributed by atoms with van der Waals surface area (Å²) in [4.78, 5) is 13.7. The first-order valence-corrected chi connectivity index (χ1v) is 6.00. The Balaban J connectivity index is 2.65. The molecule has 0 saturated heterocycles. The number of hydrogen-bond donors (Lipinski definition) is 1. The molecule has 0 aromatic heterocycles. The Kier molecular flexibility index (Phi) is 4.73. The number of nitrogens with zero attached hydrogens (tertiary/aromatic N) is 1. The largest absolute Gasteiger partial charge is 0.376 e. The minimum atomic E-state index is -0.307. The van der Waals surface area contributed by atoms with Gasteiger partial charge in [0.05, 0.1) is 17.0 Å². The van der Waals surface area contributed by atoms with Gasteiger partial charge in [0, 0.05) is 14.1 Å². The lowest BCUT2D eigenvalue weighted by atomic mass is 10.2. The number of anilines is 2. The molecule has 18 heavy (non-hydrogen) atoms. The van der Waals surface area contributed by atoms with Crippen LogP contribution in [0, 0.1) is 0 Å². The van der Waals surface area contributed by atoms with Gasteiger partial charge >= 0.3 is 0 Å². The number of carbonyl (C=O) groups is 1. The van der Waals surface area contributed by atoms with Crippen LogP contribution in [0.3, 0.4) is 0 Å². The third-order valence-corrected chi connectivity index (χ3v) is 2.30. The van der Waals surface area contributed by atoms with Crippen molar-refractivity contribution in [2.45, 2.75) is 26.4 Å². The summed E-state index contributed by atoms with van der Waals surface area (Å²) in [6.07, 6.45) is 0. The number of amides is 1. The van der Waals surface area contributed by atoms with E-state index in [-0.39, 0.29) is 18.1 Å². The van der Waals surface area contributed by atoms with Gasteiger partial charge in [0.15, 0.2) is 0 Å². The molecule has 1 aromatic carbocycles. The van der Waals surface area contributed by atoms with E-state index in [1.807, 2.05) is 64.0 Å². The standard InChI is InChI=1S/C14H22N2O2/c1-14(2,3)18-10-13(17)15-11-8-6-7-9-12(11)16(4)5/h6-9H,10H2,1-5H3,(H,15,17). The van der Waals surface area contributed by atoms with Gasteiger partial charge in [-0.3, -0.25) is 4.79 Å². The van der Waals surface area contributed by atoms with Gasteiger partial charge < -0.3 is 15.0 Å². The summed E-state index contributed by atoms with van der Waals surface area (Å²) in [6, 6.07) is 7.68. The molecule has 4 nitrogen and oxygen atoms in total. The molecule has 1 amide bonds. The summed E-state index contributed by atoms with van der Waals surface area (Å²) in [7, 11) is 3.88. The van der Waals surface area contributed by atoms with Crippen molar-refractivity contribution in [2.75, 3.05) is 30.9 Å². The van der Waals surface area contributed by atoms with Crippen LogP contribution in [0.2, 0.25) is 0 Å². The number of ether oxygens (including phenoxy) is 1. The van der Waals surface area contributed by atoms with Crippen molar-refractivity contribution >= 4 is 17.3 Å². The van der Waals surface area contributed by atoms with Crippen LogP contribution < -0.4 is 10.2 Å². The number of benzene rings is 1. The summed E-state index contributed by atoms with van der Waals surface area (Å²) in [5, 5.41) is 2.86. The van der Waals surface area contributed by atoms with Crippen LogP contribution in [0.5, 0.6) is 0 Å². The van der Waals surface area contributed by atoms with Crippen LogP contribution in [0.25, 0.3) is 0 Å². The molecule has 0 aliphatic heterocycles. The quantitative estimate of drug-likeness (QED) is 0.892. The fourth-order valence-corrected chi connectivity index (χ4v) is 1.44. The summed E-state index contributed by atoms with van der Waals surface area (Å²) >= 11 is 0. The minimum Gasteiger partial charge on any atom is -0.376 e. The van der Waals surface area contributed by atoms with Crippen LogP contribution in [-0.4, -0.2) is 32.2 Å². The lowest BCUT2D eigenvalue weighted by Gasteiger charge is -2.20. The number of para-hydroxylation sites is 2. The number of rotatable bonds is 4. The Morgan fingerprint density at radius 1 is 1.28 bits per heavy atom. The molecule has 0 fully saturated rings. The van der Waals surface area contributed by atoms with Crippen LogP contribution in [0.15, 0.2) is 24.3 Å². The van der Waals surface area contributed by atoms with Crippen molar-refractivity contribution in [2.24, 2.45) is 0 Å². The van der Waals surface area contributed by atoms with E-state index in [1.54, 1.807) is 0 Å². The third-order valence-electron chi connectivity index (χ3n) is 2.30. The van der Waals surface area contributed by atoms with Gasteiger partial charge in [0.2, 0.25) is 5.91 Å². The van der Waals surface area contributed by atoms with E-state index >= 15 is 0 Å². The van der Waals surface area contributed by atoms with Crippen molar-refractivity contribution < 1.29 is 9.53 Å². The maximum absolute atomic E-state index is 11.8. The first-order valence-electron chi connectivity index (χ1n) is 6.00. The Hall–Kier alpha value is -1.55. The van der Waals surface area contributed by atoms with Gasteiger partial charge in [-0.2, -0.15) is 0 Å². The Labute approximate surface area is 109 Å². The molecule has 100 valence electrons. The number of hydrogen-bond acceptors (Lipinski definition) is 3. The topological polar surface area (TPSA) is 41.6 Å². The molecule has 0 spiro atoms. The SMILES string of the molecule is CN(C)c1ccccc1NC(=O)COC(C)(C)C.